The van der Waals surface area contributed by atoms with E-state index in [1.807, 2.05) is 32.0 Å². The Bertz CT molecular complexity index is 475. The van der Waals surface area contributed by atoms with E-state index in [4.69, 9.17) is 9.47 Å². The number of carbonyl (C=O) groups excluding carboxylic acids is 2. The number of rotatable bonds is 7. The lowest BCUT2D eigenvalue weighted by Crippen LogP contribution is -2.46. The summed E-state index contributed by atoms with van der Waals surface area (Å²) in [5.74, 6) is -1.06. The Morgan fingerprint density at radius 3 is 1.95 bits per heavy atom. The molecule has 0 fully saturated rings. The molecule has 0 atom stereocenters. The molecule has 0 aliphatic rings. The minimum Gasteiger partial charge on any atom is -0.465 e. The maximum Gasteiger partial charge on any atom is 0.328 e. The predicted octanol–water partition coefficient (Wildman–Crippen LogP) is 3.16. The molecule has 0 aliphatic heterocycles. The summed E-state index contributed by atoms with van der Waals surface area (Å²) in [6.07, 6.45) is 1.04. The van der Waals surface area contributed by atoms with Crippen molar-refractivity contribution in [2.45, 2.75) is 46.0 Å². The van der Waals surface area contributed by atoms with Crippen LogP contribution in [-0.4, -0.2) is 25.2 Å². The molecular weight excluding hydrogens is 268 g/mol. The van der Waals surface area contributed by atoms with E-state index in [9.17, 15) is 9.59 Å². The molecule has 0 amide bonds. The van der Waals surface area contributed by atoms with E-state index in [0.29, 0.717) is 18.4 Å². The number of hydrogen-bond donors (Lipinski definition) is 0. The zero-order chi connectivity index (χ0) is 15.9. The molecule has 4 heteroatoms. The second-order valence-electron chi connectivity index (χ2n) is 4.91. The van der Waals surface area contributed by atoms with Gasteiger partial charge in [-0.05, 0) is 38.3 Å². The largest absolute Gasteiger partial charge is 0.465 e. The van der Waals surface area contributed by atoms with E-state index in [1.165, 1.54) is 0 Å². The van der Waals surface area contributed by atoms with Crippen molar-refractivity contribution in [3.8, 4) is 0 Å². The van der Waals surface area contributed by atoms with Gasteiger partial charge >= 0.3 is 11.9 Å². The molecular formula is C17H24O4. The molecule has 0 aromatic heterocycles. The molecule has 21 heavy (non-hydrogen) atoms. The molecule has 0 aliphatic carbocycles. The highest BCUT2D eigenvalue weighted by atomic mass is 16.6. The van der Waals surface area contributed by atoms with E-state index in [2.05, 4.69) is 0 Å². The van der Waals surface area contributed by atoms with Crippen molar-refractivity contribution in [1.82, 2.24) is 0 Å². The van der Waals surface area contributed by atoms with E-state index < -0.39 is 17.4 Å². The molecule has 0 unspecified atom stereocenters. The monoisotopic (exact) mass is 292 g/mol. The highest BCUT2D eigenvalue weighted by Crippen LogP contribution is 2.35. The van der Waals surface area contributed by atoms with Gasteiger partial charge < -0.3 is 9.47 Å². The maximum absolute atomic E-state index is 12.6. The summed E-state index contributed by atoms with van der Waals surface area (Å²) >= 11 is 0. The van der Waals surface area contributed by atoms with Crippen LogP contribution in [0.3, 0.4) is 0 Å². The molecule has 116 valence electrons. The summed E-state index contributed by atoms with van der Waals surface area (Å²) in [5, 5.41) is 0. The van der Waals surface area contributed by atoms with Crippen LogP contribution >= 0.6 is 0 Å². The van der Waals surface area contributed by atoms with Crippen LogP contribution in [0.15, 0.2) is 24.3 Å². The van der Waals surface area contributed by atoms with E-state index in [1.54, 1.807) is 19.9 Å². The molecule has 1 rings (SSSR count). The van der Waals surface area contributed by atoms with Gasteiger partial charge in [0, 0.05) is 0 Å². The number of aryl methyl sites for hydroxylation is 1. The van der Waals surface area contributed by atoms with Gasteiger partial charge in [-0.1, -0.05) is 37.6 Å². The fourth-order valence-electron chi connectivity index (χ4n) is 2.58. The Kier molecular flexibility index (Phi) is 6.40. The molecule has 1 aromatic carbocycles. The summed E-state index contributed by atoms with van der Waals surface area (Å²) in [6, 6.07) is 7.40. The molecule has 0 radical (unpaired) electrons. The van der Waals surface area contributed by atoms with Gasteiger partial charge in [0.1, 0.15) is 0 Å². The van der Waals surface area contributed by atoms with Gasteiger partial charge in [0.15, 0.2) is 5.41 Å². The van der Waals surface area contributed by atoms with Gasteiger partial charge in [0.2, 0.25) is 0 Å². The van der Waals surface area contributed by atoms with Crippen LogP contribution in [0, 0.1) is 6.92 Å². The van der Waals surface area contributed by atoms with Crippen LogP contribution in [0.5, 0.6) is 0 Å². The third kappa shape index (κ3) is 3.43. The normalized spacial score (nSPS) is 11.0. The molecule has 0 bridgehead atoms. The molecule has 1 aromatic rings. The van der Waals surface area contributed by atoms with Crippen LogP contribution in [-0.2, 0) is 24.5 Å². The van der Waals surface area contributed by atoms with Crippen molar-refractivity contribution in [1.29, 1.82) is 0 Å². The van der Waals surface area contributed by atoms with Crippen LogP contribution < -0.4 is 0 Å². The van der Waals surface area contributed by atoms with Gasteiger partial charge in [-0.25, -0.2) is 0 Å². The van der Waals surface area contributed by atoms with Gasteiger partial charge in [0.25, 0.3) is 0 Å². The van der Waals surface area contributed by atoms with Crippen molar-refractivity contribution in [3.63, 3.8) is 0 Å². The smallest absolute Gasteiger partial charge is 0.328 e. The van der Waals surface area contributed by atoms with Crippen LogP contribution in [0.1, 0.15) is 44.7 Å². The Hall–Kier alpha value is -1.84. The topological polar surface area (TPSA) is 52.6 Å². The summed E-state index contributed by atoms with van der Waals surface area (Å²) in [5.41, 5.74) is 0.183. The van der Waals surface area contributed by atoms with Crippen LogP contribution in [0.2, 0.25) is 0 Å². The fourth-order valence-corrected chi connectivity index (χ4v) is 2.58. The van der Waals surface area contributed by atoms with E-state index >= 15 is 0 Å². The first-order valence-corrected chi connectivity index (χ1v) is 7.45. The van der Waals surface area contributed by atoms with Crippen LogP contribution in [0.25, 0.3) is 0 Å². The summed E-state index contributed by atoms with van der Waals surface area (Å²) < 4.78 is 10.4. The summed E-state index contributed by atoms with van der Waals surface area (Å²) in [6.45, 7) is 7.75. The minimum absolute atomic E-state index is 0.232. The SMILES string of the molecule is CCCC(C(=O)OCC)(C(=O)OCC)c1ccccc1C. The van der Waals surface area contributed by atoms with E-state index in [-0.39, 0.29) is 13.2 Å². The quantitative estimate of drug-likeness (QED) is 0.572. The van der Waals surface area contributed by atoms with E-state index in [0.717, 1.165) is 5.56 Å². The van der Waals surface area contributed by atoms with Gasteiger partial charge in [0.05, 0.1) is 13.2 Å². The summed E-state index contributed by atoms with van der Waals surface area (Å²) in [4.78, 5) is 25.2. The minimum atomic E-state index is -1.37. The Balaban J connectivity index is 3.47. The van der Waals surface area contributed by atoms with Crippen molar-refractivity contribution < 1.29 is 19.1 Å². The zero-order valence-electron chi connectivity index (χ0n) is 13.3. The average Bonchev–Trinajstić information content (AvgIpc) is 2.46. The second-order valence-corrected chi connectivity index (χ2v) is 4.91. The van der Waals surface area contributed by atoms with Crippen molar-refractivity contribution in [2.24, 2.45) is 0 Å². The molecule has 0 saturated carbocycles. The lowest BCUT2D eigenvalue weighted by Gasteiger charge is -2.30. The van der Waals surface area contributed by atoms with Crippen molar-refractivity contribution >= 4 is 11.9 Å². The number of esters is 2. The first kappa shape index (κ1) is 17.2. The van der Waals surface area contributed by atoms with Gasteiger partial charge in [-0.15, -0.1) is 0 Å². The maximum atomic E-state index is 12.6. The third-order valence-electron chi connectivity index (χ3n) is 3.48. The first-order valence-electron chi connectivity index (χ1n) is 7.45. The standard InChI is InChI=1S/C17H24O4/c1-5-12-17(15(18)20-6-2,16(19)21-7-3)14-11-9-8-10-13(14)4/h8-11H,5-7,12H2,1-4H3. The molecule has 0 saturated heterocycles. The number of benzene rings is 1. The Morgan fingerprint density at radius 2 is 1.52 bits per heavy atom. The molecule has 0 spiro atoms. The first-order chi connectivity index (χ1) is 10.0. The third-order valence-corrected chi connectivity index (χ3v) is 3.48. The number of carbonyl (C=O) groups is 2. The lowest BCUT2D eigenvalue weighted by molar-refractivity contribution is -0.165. The lowest BCUT2D eigenvalue weighted by atomic mass is 9.75. The molecule has 0 heterocycles. The number of hydrogen-bond acceptors (Lipinski definition) is 4. The van der Waals surface area contributed by atoms with Crippen LogP contribution in [0.4, 0.5) is 0 Å². The predicted molar refractivity (Wildman–Crippen MR) is 81.0 cm³/mol. The Labute approximate surface area is 126 Å². The van der Waals surface area contributed by atoms with Crippen molar-refractivity contribution in [3.05, 3.63) is 35.4 Å². The number of ether oxygens (including phenoxy) is 2. The highest BCUT2D eigenvalue weighted by molar-refractivity contribution is 6.06. The van der Waals surface area contributed by atoms with Crippen molar-refractivity contribution in [2.75, 3.05) is 13.2 Å². The zero-order valence-corrected chi connectivity index (χ0v) is 13.3. The molecule has 4 nitrogen and oxygen atoms in total. The van der Waals surface area contributed by atoms with Gasteiger partial charge in [-0.3, -0.25) is 9.59 Å². The summed E-state index contributed by atoms with van der Waals surface area (Å²) in [7, 11) is 0. The second kappa shape index (κ2) is 7.81. The average molecular weight is 292 g/mol. The Morgan fingerprint density at radius 1 is 1.00 bits per heavy atom. The highest BCUT2D eigenvalue weighted by Gasteiger charge is 2.50. The molecule has 0 N–H and O–H groups in total. The fraction of sp³-hybridized carbons (Fsp3) is 0.529. The van der Waals surface area contributed by atoms with Gasteiger partial charge in [-0.2, -0.15) is 0 Å².